The molecule has 15 heavy (non-hydrogen) atoms. The van der Waals surface area contributed by atoms with Crippen LogP contribution in [-0.4, -0.2) is 20.7 Å². The minimum Gasteiger partial charge on any atom is -0.492 e. The number of aromatic hydroxyl groups is 1. The van der Waals surface area contributed by atoms with Crippen LogP contribution in [-0.2, 0) is 11.3 Å². The van der Waals surface area contributed by atoms with E-state index in [1.807, 2.05) is 6.92 Å². The SMILES string of the molecule is CCCC(=O)CCn1nc(O)ccc1=S. The number of aryl methyl sites for hydroxylation is 1. The number of Topliss-reactive ketones (excluding diaryl/α,β-unsaturated/α-hetero) is 1. The molecule has 0 atom stereocenters. The predicted molar refractivity (Wildman–Crippen MR) is 59.3 cm³/mol. The molecule has 1 rings (SSSR count). The molecule has 0 fully saturated rings. The van der Waals surface area contributed by atoms with Crippen LogP contribution in [0.4, 0.5) is 0 Å². The first-order valence-corrected chi connectivity index (χ1v) is 5.33. The Balaban J connectivity index is 2.61. The molecule has 5 heteroatoms. The van der Waals surface area contributed by atoms with Gasteiger partial charge in [-0.3, -0.25) is 9.48 Å². The summed E-state index contributed by atoms with van der Waals surface area (Å²) < 4.78 is 2.00. The van der Waals surface area contributed by atoms with Crippen molar-refractivity contribution in [2.75, 3.05) is 0 Å². The second kappa shape index (κ2) is 5.60. The first-order valence-electron chi connectivity index (χ1n) is 4.92. The number of carbonyl (C=O) groups excluding carboxylic acids is 1. The number of nitrogens with zero attached hydrogens (tertiary/aromatic N) is 2. The predicted octanol–water partition coefficient (Wildman–Crippen LogP) is 2.08. The van der Waals surface area contributed by atoms with Gasteiger partial charge < -0.3 is 5.11 Å². The second-order valence-corrected chi connectivity index (χ2v) is 3.71. The molecule has 0 amide bonds. The molecule has 1 heterocycles. The van der Waals surface area contributed by atoms with E-state index in [0.717, 1.165) is 6.42 Å². The van der Waals surface area contributed by atoms with Crippen molar-refractivity contribution < 1.29 is 9.90 Å². The molecular weight excluding hydrogens is 212 g/mol. The molecule has 0 unspecified atom stereocenters. The summed E-state index contributed by atoms with van der Waals surface area (Å²) in [5.41, 5.74) is 0. The van der Waals surface area contributed by atoms with Crippen molar-refractivity contribution in [3.63, 3.8) is 0 Å². The molecule has 0 aliphatic carbocycles. The van der Waals surface area contributed by atoms with Gasteiger partial charge in [0.1, 0.15) is 10.4 Å². The van der Waals surface area contributed by atoms with Gasteiger partial charge in [-0.1, -0.05) is 19.1 Å². The summed E-state index contributed by atoms with van der Waals surface area (Å²) in [6, 6.07) is 3.04. The Labute approximate surface area is 93.6 Å². The van der Waals surface area contributed by atoms with Crippen molar-refractivity contribution in [2.24, 2.45) is 0 Å². The van der Waals surface area contributed by atoms with Gasteiger partial charge in [-0.2, -0.15) is 0 Å². The average Bonchev–Trinajstić information content (AvgIpc) is 2.20. The molecular formula is C10H14N2O2S. The molecule has 0 radical (unpaired) electrons. The molecule has 4 nitrogen and oxygen atoms in total. The topological polar surface area (TPSA) is 55.1 Å². The Morgan fingerprint density at radius 3 is 2.93 bits per heavy atom. The van der Waals surface area contributed by atoms with E-state index in [-0.39, 0.29) is 11.7 Å². The van der Waals surface area contributed by atoms with Gasteiger partial charge in [-0.15, -0.1) is 5.10 Å². The van der Waals surface area contributed by atoms with Crippen LogP contribution in [0.2, 0.25) is 0 Å². The molecule has 0 spiro atoms. The maximum atomic E-state index is 11.3. The number of rotatable bonds is 5. The summed E-state index contributed by atoms with van der Waals surface area (Å²) >= 11 is 5.01. The lowest BCUT2D eigenvalue weighted by molar-refractivity contribution is -0.119. The van der Waals surface area contributed by atoms with Crippen LogP contribution in [0.15, 0.2) is 12.1 Å². The lowest BCUT2D eigenvalue weighted by Gasteiger charge is -2.04. The highest BCUT2D eigenvalue weighted by Gasteiger charge is 2.02. The smallest absolute Gasteiger partial charge is 0.228 e. The first-order chi connectivity index (χ1) is 7.13. The van der Waals surface area contributed by atoms with Crippen LogP contribution in [0.1, 0.15) is 26.2 Å². The molecule has 82 valence electrons. The number of hydrogen-bond acceptors (Lipinski definition) is 4. The van der Waals surface area contributed by atoms with Crippen LogP contribution in [0.5, 0.6) is 5.88 Å². The molecule has 0 bridgehead atoms. The van der Waals surface area contributed by atoms with Gasteiger partial charge in [0.15, 0.2) is 0 Å². The number of hydrogen-bond donors (Lipinski definition) is 1. The lowest BCUT2D eigenvalue weighted by atomic mass is 10.2. The summed E-state index contributed by atoms with van der Waals surface area (Å²) in [7, 11) is 0. The lowest BCUT2D eigenvalue weighted by Crippen LogP contribution is -2.09. The third kappa shape index (κ3) is 3.79. The fraction of sp³-hybridized carbons (Fsp3) is 0.500. The summed E-state index contributed by atoms with van der Waals surface area (Å²) in [5, 5.41) is 13.0. The molecule has 1 aromatic heterocycles. The standard InChI is InChI=1S/C10H14N2O2S/c1-2-3-8(13)6-7-12-10(15)5-4-9(14)11-12/h4-5H,2-3,6-7H2,1H3,(H,11,14). The van der Waals surface area contributed by atoms with Crippen LogP contribution in [0, 0.1) is 4.64 Å². The summed E-state index contributed by atoms with van der Waals surface area (Å²) in [6.07, 6.45) is 1.86. The quantitative estimate of drug-likeness (QED) is 0.781. The van der Waals surface area contributed by atoms with Gasteiger partial charge in [-0.25, -0.2) is 0 Å². The largest absolute Gasteiger partial charge is 0.492 e. The van der Waals surface area contributed by atoms with E-state index in [1.165, 1.54) is 10.7 Å². The van der Waals surface area contributed by atoms with Crippen molar-refractivity contribution in [1.82, 2.24) is 9.78 Å². The highest BCUT2D eigenvalue weighted by molar-refractivity contribution is 7.71. The second-order valence-electron chi connectivity index (χ2n) is 3.29. The van der Waals surface area contributed by atoms with E-state index in [9.17, 15) is 4.79 Å². The Kier molecular flexibility index (Phi) is 4.42. The van der Waals surface area contributed by atoms with Crippen molar-refractivity contribution in [3.8, 4) is 5.88 Å². The van der Waals surface area contributed by atoms with Crippen molar-refractivity contribution >= 4 is 18.0 Å². The van der Waals surface area contributed by atoms with Crippen LogP contribution in [0.25, 0.3) is 0 Å². The zero-order valence-corrected chi connectivity index (χ0v) is 9.46. The van der Waals surface area contributed by atoms with Crippen LogP contribution < -0.4 is 0 Å². The first kappa shape index (κ1) is 11.8. The van der Waals surface area contributed by atoms with Gasteiger partial charge in [0.2, 0.25) is 5.88 Å². The molecule has 0 aliphatic rings. The minimum atomic E-state index is -0.0773. The van der Waals surface area contributed by atoms with Gasteiger partial charge in [-0.05, 0) is 12.5 Å². The molecule has 0 saturated heterocycles. The van der Waals surface area contributed by atoms with E-state index in [4.69, 9.17) is 17.3 Å². The van der Waals surface area contributed by atoms with E-state index in [2.05, 4.69) is 5.10 Å². The van der Waals surface area contributed by atoms with Crippen molar-refractivity contribution in [2.45, 2.75) is 32.7 Å². The number of ketones is 1. The Morgan fingerprint density at radius 1 is 1.53 bits per heavy atom. The Bertz CT molecular complexity index is 401. The van der Waals surface area contributed by atoms with Crippen molar-refractivity contribution in [1.29, 1.82) is 0 Å². The van der Waals surface area contributed by atoms with Gasteiger partial charge in [0, 0.05) is 25.5 Å². The van der Waals surface area contributed by atoms with Gasteiger partial charge in [0.25, 0.3) is 0 Å². The number of aromatic nitrogens is 2. The van der Waals surface area contributed by atoms with E-state index in [1.54, 1.807) is 6.07 Å². The minimum absolute atomic E-state index is 0.0773. The Morgan fingerprint density at radius 2 is 2.27 bits per heavy atom. The van der Waals surface area contributed by atoms with E-state index in [0.29, 0.717) is 24.0 Å². The normalized spacial score (nSPS) is 10.2. The Hall–Kier alpha value is -1.23. The molecule has 0 aromatic carbocycles. The van der Waals surface area contributed by atoms with E-state index >= 15 is 0 Å². The highest BCUT2D eigenvalue weighted by Crippen LogP contribution is 2.04. The van der Waals surface area contributed by atoms with Crippen molar-refractivity contribution in [3.05, 3.63) is 16.8 Å². The van der Waals surface area contributed by atoms with Gasteiger partial charge in [0.05, 0.1) is 0 Å². The zero-order chi connectivity index (χ0) is 11.3. The zero-order valence-electron chi connectivity index (χ0n) is 8.64. The van der Waals surface area contributed by atoms with Gasteiger partial charge >= 0.3 is 0 Å². The third-order valence-corrected chi connectivity index (χ3v) is 2.33. The molecule has 0 saturated carbocycles. The van der Waals surface area contributed by atoms with Crippen LogP contribution in [0.3, 0.4) is 0 Å². The van der Waals surface area contributed by atoms with Crippen LogP contribution >= 0.6 is 12.2 Å². The molecule has 1 N–H and O–H groups in total. The summed E-state index contributed by atoms with van der Waals surface area (Å²) in [6.45, 7) is 2.40. The molecule has 1 aromatic rings. The fourth-order valence-electron chi connectivity index (χ4n) is 1.23. The fourth-order valence-corrected chi connectivity index (χ4v) is 1.43. The summed E-state index contributed by atoms with van der Waals surface area (Å²) in [4.78, 5) is 11.3. The molecule has 0 aliphatic heterocycles. The third-order valence-electron chi connectivity index (χ3n) is 1.98. The monoisotopic (exact) mass is 226 g/mol. The number of carbonyl (C=O) groups is 1. The highest BCUT2D eigenvalue weighted by atomic mass is 32.1. The average molecular weight is 226 g/mol. The maximum Gasteiger partial charge on any atom is 0.228 e. The summed E-state index contributed by atoms with van der Waals surface area (Å²) in [5.74, 6) is 0.121. The maximum absolute atomic E-state index is 11.3. The van der Waals surface area contributed by atoms with E-state index < -0.39 is 0 Å².